The van der Waals surface area contributed by atoms with Crippen LogP contribution in [0.2, 0.25) is 0 Å². The van der Waals surface area contributed by atoms with Gasteiger partial charge in [-0.3, -0.25) is 4.99 Å². The van der Waals surface area contributed by atoms with E-state index in [2.05, 4.69) is 4.99 Å². The molecule has 0 amide bonds. The van der Waals surface area contributed by atoms with Crippen molar-refractivity contribution in [2.45, 2.75) is 26.4 Å². The van der Waals surface area contributed by atoms with Gasteiger partial charge in [-0.1, -0.05) is 20.8 Å². The lowest BCUT2D eigenvalue weighted by atomic mass is 10.2. The Labute approximate surface area is 55.4 Å². The van der Waals surface area contributed by atoms with Crippen LogP contribution in [0.15, 0.2) is 4.99 Å². The lowest BCUT2D eigenvalue weighted by molar-refractivity contribution is -0.260. The molecule has 0 spiro atoms. The van der Waals surface area contributed by atoms with Crippen LogP contribution in [0.1, 0.15) is 20.8 Å². The van der Waals surface area contributed by atoms with Crippen LogP contribution >= 0.6 is 0 Å². The highest BCUT2D eigenvalue weighted by Gasteiger charge is 2.02. The molecule has 0 aliphatic rings. The highest BCUT2D eigenvalue weighted by Crippen LogP contribution is 2.04. The van der Waals surface area contributed by atoms with Crippen molar-refractivity contribution in [2.75, 3.05) is 7.05 Å². The standard InChI is InChI=1S/C6H13NO2/c1-6(2,3)9-5(8)7-4/h1-4H3,(H,7,8)/p-1. The molecular weight excluding hydrogens is 118 g/mol. The number of hydrogen-bond acceptors (Lipinski definition) is 3. The lowest BCUT2D eigenvalue weighted by Crippen LogP contribution is -2.31. The van der Waals surface area contributed by atoms with Crippen molar-refractivity contribution in [3.8, 4) is 0 Å². The van der Waals surface area contributed by atoms with Gasteiger partial charge < -0.3 is 9.84 Å². The Morgan fingerprint density at radius 2 is 1.89 bits per heavy atom. The minimum Gasteiger partial charge on any atom is -0.595 e. The zero-order valence-corrected chi connectivity index (χ0v) is 6.26. The Kier molecular flexibility index (Phi) is 2.49. The molecule has 0 unspecified atom stereocenters. The highest BCUT2D eigenvalue weighted by molar-refractivity contribution is 5.61. The monoisotopic (exact) mass is 130 g/mol. The molecule has 0 N–H and O–H groups in total. The van der Waals surface area contributed by atoms with Gasteiger partial charge in [0.2, 0.25) is 0 Å². The zero-order chi connectivity index (χ0) is 7.49. The van der Waals surface area contributed by atoms with Crippen molar-refractivity contribution in [2.24, 2.45) is 4.99 Å². The van der Waals surface area contributed by atoms with Crippen LogP contribution in [0.5, 0.6) is 0 Å². The quantitative estimate of drug-likeness (QED) is 0.346. The molecule has 3 nitrogen and oxygen atoms in total. The maximum absolute atomic E-state index is 10.4. The smallest absolute Gasteiger partial charge is 0.145 e. The van der Waals surface area contributed by atoms with E-state index in [9.17, 15) is 5.11 Å². The third-order valence-electron chi connectivity index (χ3n) is 0.576. The van der Waals surface area contributed by atoms with Crippen molar-refractivity contribution in [1.82, 2.24) is 0 Å². The van der Waals surface area contributed by atoms with Crippen molar-refractivity contribution in [1.29, 1.82) is 0 Å². The second-order valence-electron chi connectivity index (χ2n) is 2.70. The Morgan fingerprint density at radius 1 is 1.44 bits per heavy atom. The summed E-state index contributed by atoms with van der Waals surface area (Å²) in [7, 11) is 1.41. The van der Waals surface area contributed by atoms with Crippen LogP contribution < -0.4 is 5.11 Å². The minimum absolute atomic E-state index is 0.420. The van der Waals surface area contributed by atoms with Gasteiger partial charge in [-0.05, 0) is 0 Å². The van der Waals surface area contributed by atoms with E-state index < -0.39 is 11.7 Å². The lowest BCUT2D eigenvalue weighted by Gasteiger charge is -2.29. The molecule has 9 heavy (non-hydrogen) atoms. The van der Waals surface area contributed by atoms with Gasteiger partial charge in [0.25, 0.3) is 0 Å². The average molecular weight is 130 g/mol. The Hall–Kier alpha value is -0.730. The SMILES string of the molecule is CN=C([O-])OC(C)(C)C. The molecule has 0 aromatic rings. The number of ether oxygens (including phenoxy) is 1. The predicted octanol–water partition coefficient (Wildman–Crippen LogP) is 0.148. The zero-order valence-electron chi connectivity index (χ0n) is 6.26. The predicted molar refractivity (Wildman–Crippen MR) is 34.2 cm³/mol. The van der Waals surface area contributed by atoms with Gasteiger partial charge >= 0.3 is 0 Å². The molecule has 0 saturated carbocycles. The molecule has 54 valence electrons. The van der Waals surface area contributed by atoms with Crippen LogP contribution in [0, 0.1) is 0 Å². The fourth-order valence-corrected chi connectivity index (χ4v) is 0.308. The summed E-state index contributed by atoms with van der Waals surface area (Å²) < 4.78 is 4.78. The summed E-state index contributed by atoms with van der Waals surface area (Å²) in [6.45, 7) is 5.40. The van der Waals surface area contributed by atoms with E-state index in [1.165, 1.54) is 7.05 Å². The highest BCUT2D eigenvalue weighted by atomic mass is 16.6. The topological polar surface area (TPSA) is 44.7 Å². The first-order valence-corrected chi connectivity index (χ1v) is 2.78. The number of hydrogen-bond donors (Lipinski definition) is 0. The number of aliphatic imine (C=N–C) groups is 1. The summed E-state index contributed by atoms with van der Waals surface area (Å²) >= 11 is 0. The first kappa shape index (κ1) is 8.27. The fraction of sp³-hybridized carbons (Fsp3) is 0.833. The van der Waals surface area contributed by atoms with Crippen molar-refractivity contribution in [3.05, 3.63) is 0 Å². The third-order valence-corrected chi connectivity index (χ3v) is 0.576. The van der Waals surface area contributed by atoms with Gasteiger partial charge in [0.05, 0.1) is 0 Å². The summed E-state index contributed by atoms with van der Waals surface area (Å²) in [5, 5.41) is 10.4. The van der Waals surface area contributed by atoms with E-state index in [4.69, 9.17) is 4.74 Å². The summed E-state index contributed by atoms with van der Waals surface area (Å²) in [6, 6.07) is 0. The first-order chi connectivity index (χ1) is 3.95. The molecule has 3 heteroatoms. The molecule has 0 aliphatic heterocycles. The van der Waals surface area contributed by atoms with Crippen molar-refractivity contribution in [3.63, 3.8) is 0 Å². The fourth-order valence-electron chi connectivity index (χ4n) is 0.308. The molecular formula is C6H12NO2-. The van der Waals surface area contributed by atoms with Gasteiger partial charge in [-0.25, -0.2) is 0 Å². The van der Waals surface area contributed by atoms with E-state index in [0.29, 0.717) is 0 Å². The summed E-state index contributed by atoms with van der Waals surface area (Å²) in [6.07, 6.45) is -0.512. The first-order valence-electron chi connectivity index (χ1n) is 2.78. The molecule has 0 saturated heterocycles. The van der Waals surface area contributed by atoms with Crippen molar-refractivity contribution >= 4 is 6.08 Å². The van der Waals surface area contributed by atoms with Crippen LogP contribution in [0.3, 0.4) is 0 Å². The number of nitrogens with zero attached hydrogens (tertiary/aromatic N) is 1. The summed E-state index contributed by atoms with van der Waals surface area (Å²) in [5.74, 6) is 0. The van der Waals surface area contributed by atoms with Gasteiger partial charge in [0.1, 0.15) is 6.08 Å². The van der Waals surface area contributed by atoms with Crippen LogP contribution in [-0.2, 0) is 4.74 Å². The molecule has 0 bridgehead atoms. The normalized spacial score (nSPS) is 13.6. The molecule has 0 rings (SSSR count). The minimum atomic E-state index is -0.512. The van der Waals surface area contributed by atoms with Crippen LogP contribution in [-0.4, -0.2) is 18.7 Å². The molecule has 0 aliphatic carbocycles. The summed E-state index contributed by atoms with van der Waals surface area (Å²) in [5.41, 5.74) is -0.420. The van der Waals surface area contributed by atoms with E-state index in [-0.39, 0.29) is 0 Å². The maximum Gasteiger partial charge on any atom is 0.145 e. The molecule has 0 heterocycles. The van der Waals surface area contributed by atoms with Gasteiger partial charge in [-0.15, -0.1) is 0 Å². The molecule has 0 fully saturated rings. The van der Waals surface area contributed by atoms with Crippen molar-refractivity contribution < 1.29 is 9.84 Å². The Bertz CT molecular complexity index is 113. The van der Waals surface area contributed by atoms with E-state index in [1.807, 2.05) is 0 Å². The summed E-state index contributed by atoms with van der Waals surface area (Å²) in [4.78, 5) is 3.31. The van der Waals surface area contributed by atoms with E-state index in [1.54, 1.807) is 20.8 Å². The molecule has 0 aromatic heterocycles. The molecule has 0 aromatic carbocycles. The van der Waals surface area contributed by atoms with E-state index >= 15 is 0 Å². The van der Waals surface area contributed by atoms with Gasteiger partial charge in [0, 0.05) is 12.6 Å². The van der Waals surface area contributed by atoms with Gasteiger partial charge in [-0.2, -0.15) is 0 Å². The van der Waals surface area contributed by atoms with Crippen LogP contribution in [0.4, 0.5) is 0 Å². The second-order valence-corrected chi connectivity index (χ2v) is 2.70. The molecule has 0 atom stereocenters. The van der Waals surface area contributed by atoms with E-state index in [0.717, 1.165) is 0 Å². The number of rotatable bonds is 0. The van der Waals surface area contributed by atoms with Gasteiger partial charge in [0.15, 0.2) is 0 Å². The Morgan fingerprint density at radius 3 is 2.00 bits per heavy atom. The van der Waals surface area contributed by atoms with Crippen LogP contribution in [0.25, 0.3) is 0 Å². The largest absolute Gasteiger partial charge is 0.595 e. The second kappa shape index (κ2) is 2.71. The Balaban J connectivity index is 3.75. The third kappa shape index (κ3) is 5.14. The molecule has 0 radical (unpaired) electrons. The maximum atomic E-state index is 10.4. The average Bonchev–Trinajstić information content (AvgIpc) is 1.62.